The highest BCUT2D eigenvalue weighted by Crippen LogP contribution is 2.15. The van der Waals surface area contributed by atoms with Crippen LogP contribution in [0.2, 0.25) is 0 Å². The van der Waals surface area contributed by atoms with Gasteiger partial charge in [-0.1, -0.05) is 24.0 Å². The first-order valence-corrected chi connectivity index (χ1v) is 6.80. The highest BCUT2D eigenvalue weighted by Gasteiger charge is 2.19. The number of esters is 2. The normalized spacial score (nSPS) is 10.3. The molecule has 0 heterocycles. The van der Waals surface area contributed by atoms with Gasteiger partial charge in [0, 0.05) is 5.56 Å². The Hall–Kier alpha value is -2.28. The molecule has 4 heteroatoms. The lowest BCUT2D eigenvalue weighted by atomic mass is 10.1. The molecular weight excluding hydrogens is 268 g/mol. The minimum absolute atomic E-state index is 0.00348. The highest BCUT2D eigenvalue weighted by molar-refractivity contribution is 5.92. The number of rotatable bonds is 3. The van der Waals surface area contributed by atoms with Crippen LogP contribution in [0.3, 0.4) is 0 Å². The third-order valence-corrected chi connectivity index (χ3v) is 2.31. The van der Waals surface area contributed by atoms with Gasteiger partial charge >= 0.3 is 11.9 Å². The van der Waals surface area contributed by atoms with E-state index in [1.807, 2.05) is 0 Å². The monoisotopic (exact) mass is 288 g/mol. The third-order valence-electron chi connectivity index (χ3n) is 2.31. The number of carbonyl (C=O) groups excluding carboxylic acids is 2. The van der Waals surface area contributed by atoms with Gasteiger partial charge in [-0.05, 0) is 39.8 Å². The van der Waals surface area contributed by atoms with Gasteiger partial charge in [0.1, 0.15) is 12.0 Å². The van der Waals surface area contributed by atoms with E-state index >= 15 is 0 Å². The molecule has 0 amide bonds. The van der Waals surface area contributed by atoms with Crippen LogP contribution in [0, 0.1) is 11.8 Å². The Bertz CT molecular complexity index is 570. The molecule has 0 fully saturated rings. The first-order chi connectivity index (χ1) is 9.83. The van der Waals surface area contributed by atoms with E-state index in [1.54, 1.807) is 52.0 Å². The second-order valence-electron chi connectivity index (χ2n) is 5.33. The molecule has 1 aromatic carbocycles. The van der Waals surface area contributed by atoms with Crippen molar-refractivity contribution in [3.05, 3.63) is 35.4 Å². The fraction of sp³-hybridized carbons (Fsp3) is 0.412. The summed E-state index contributed by atoms with van der Waals surface area (Å²) in [7, 11) is 0. The van der Waals surface area contributed by atoms with Gasteiger partial charge in [0.25, 0.3) is 0 Å². The molecule has 0 saturated heterocycles. The molecule has 0 radical (unpaired) electrons. The maximum atomic E-state index is 12.1. The topological polar surface area (TPSA) is 52.6 Å². The molecule has 0 spiro atoms. The van der Waals surface area contributed by atoms with Crippen molar-refractivity contribution in [1.82, 2.24) is 0 Å². The first kappa shape index (κ1) is 16.8. The van der Waals surface area contributed by atoms with E-state index in [1.165, 1.54) is 0 Å². The van der Waals surface area contributed by atoms with Crippen LogP contribution in [-0.2, 0) is 14.3 Å². The quantitative estimate of drug-likeness (QED) is 0.634. The van der Waals surface area contributed by atoms with Gasteiger partial charge in [-0.2, -0.15) is 0 Å². The summed E-state index contributed by atoms with van der Waals surface area (Å²) in [6.07, 6.45) is -0.00348. The molecule has 0 aliphatic rings. The minimum Gasteiger partial charge on any atom is -0.465 e. The van der Waals surface area contributed by atoms with Crippen LogP contribution in [0.5, 0.6) is 0 Å². The van der Waals surface area contributed by atoms with Gasteiger partial charge in [-0.15, -0.1) is 0 Å². The van der Waals surface area contributed by atoms with Crippen LogP contribution in [0.1, 0.15) is 50.0 Å². The lowest BCUT2D eigenvalue weighted by molar-refractivity contribution is -0.141. The zero-order valence-electron chi connectivity index (χ0n) is 12.9. The molecule has 1 rings (SSSR count). The highest BCUT2D eigenvalue weighted by atomic mass is 16.6. The second kappa shape index (κ2) is 7.49. The summed E-state index contributed by atoms with van der Waals surface area (Å²) in [6, 6.07) is 6.90. The van der Waals surface area contributed by atoms with Gasteiger partial charge in [0.15, 0.2) is 0 Å². The van der Waals surface area contributed by atoms with Gasteiger partial charge in [-0.25, -0.2) is 4.79 Å². The lowest BCUT2D eigenvalue weighted by Crippen LogP contribution is -2.24. The van der Waals surface area contributed by atoms with Crippen molar-refractivity contribution in [2.24, 2.45) is 0 Å². The van der Waals surface area contributed by atoms with Crippen molar-refractivity contribution < 1.29 is 19.1 Å². The number of ether oxygens (including phenoxy) is 2. The van der Waals surface area contributed by atoms with Gasteiger partial charge in [-0.3, -0.25) is 4.79 Å². The molecule has 0 atom stereocenters. The van der Waals surface area contributed by atoms with E-state index in [0.29, 0.717) is 17.7 Å². The molecule has 0 aliphatic carbocycles. The van der Waals surface area contributed by atoms with E-state index in [2.05, 4.69) is 11.8 Å². The summed E-state index contributed by atoms with van der Waals surface area (Å²) in [6.45, 7) is 7.48. The molecule has 0 unspecified atom stereocenters. The third kappa shape index (κ3) is 6.13. The number of hydrogen-bond acceptors (Lipinski definition) is 4. The molecule has 0 aliphatic heterocycles. The lowest BCUT2D eigenvalue weighted by Gasteiger charge is -2.19. The van der Waals surface area contributed by atoms with E-state index in [0.717, 1.165) is 0 Å². The van der Waals surface area contributed by atoms with Crippen LogP contribution in [-0.4, -0.2) is 24.1 Å². The molecular formula is C17H20O4. The van der Waals surface area contributed by atoms with Gasteiger partial charge < -0.3 is 9.47 Å². The van der Waals surface area contributed by atoms with Crippen molar-refractivity contribution in [3.8, 4) is 11.8 Å². The summed E-state index contributed by atoms with van der Waals surface area (Å²) in [5, 5.41) is 0. The van der Waals surface area contributed by atoms with Crippen LogP contribution in [0.15, 0.2) is 24.3 Å². The van der Waals surface area contributed by atoms with Crippen LogP contribution >= 0.6 is 0 Å². The molecule has 0 saturated carbocycles. The summed E-state index contributed by atoms with van der Waals surface area (Å²) in [5.74, 6) is 4.73. The maximum Gasteiger partial charge on any atom is 0.339 e. The van der Waals surface area contributed by atoms with Crippen LogP contribution in [0.4, 0.5) is 0 Å². The molecule has 0 bridgehead atoms. The van der Waals surface area contributed by atoms with E-state index < -0.39 is 11.6 Å². The Morgan fingerprint density at radius 1 is 1.19 bits per heavy atom. The molecule has 21 heavy (non-hydrogen) atoms. The van der Waals surface area contributed by atoms with Crippen molar-refractivity contribution in [2.45, 2.75) is 39.7 Å². The van der Waals surface area contributed by atoms with E-state index in [9.17, 15) is 9.59 Å². The van der Waals surface area contributed by atoms with Crippen LogP contribution < -0.4 is 0 Å². The van der Waals surface area contributed by atoms with E-state index in [-0.39, 0.29) is 12.4 Å². The summed E-state index contributed by atoms with van der Waals surface area (Å²) in [5.41, 5.74) is 0.363. The molecule has 4 nitrogen and oxygen atoms in total. The largest absolute Gasteiger partial charge is 0.465 e. The fourth-order valence-electron chi connectivity index (χ4n) is 1.53. The van der Waals surface area contributed by atoms with Gasteiger partial charge in [0.05, 0.1) is 12.2 Å². The molecule has 112 valence electrons. The van der Waals surface area contributed by atoms with Crippen molar-refractivity contribution in [2.75, 3.05) is 6.61 Å². The maximum absolute atomic E-state index is 12.1. The minimum atomic E-state index is -0.567. The van der Waals surface area contributed by atoms with Crippen LogP contribution in [0.25, 0.3) is 0 Å². The Kier molecular flexibility index (Phi) is 5.98. The Morgan fingerprint density at radius 3 is 2.48 bits per heavy atom. The standard InChI is InChI=1S/C17H20O4/c1-5-20-15(18)12-8-10-13-9-6-7-11-14(13)16(19)21-17(2,3)4/h6-7,9,11H,5,12H2,1-4H3. The Labute approximate surface area is 125 Å². The molecule has 1 aromatic rings. The predicted molar refractivity (Wildman–Crippen MR) is 79.7 cm³/mol. The van der Waals surface area contributed by atoms with Gasteiger partial charge in [0.2, 0.25) is 0 Å². The predicted octanol–water partition coefficient (Wildman–Crippen LogP) is 2.95. The number of hydrogen-bond donors (Lipinski definition) is 0. The zero-order valence-corrected chi connectivity index (χ0v) is 12.9. The van der Waals surface area contributed by atoms with E-state index in [4.69, 9.17) is 9.47 Å². The van der Waals surface area contributed by atoms with Crippen molar-refractivity contribution in [1.29, 1.82) is 0 Å². The van der Waals surface area contributed by atoms with Crippen molar-refractivity contribution in [3.63, 3.8) is 0 Å². The second-order valence-corrected chi connectivity index (χ2v) is 5.33. The summed E-state index contributed by atoms with van der Waals surface area (Å²) < 4.78 is 10.1. The number of carbonyl (C=O) groups is 2. The smallest absolute Gasteiger partial charge is 0.339 e. The summed E-state index contributed by atoms with van der Waals surface area (Å²) >= 11 is 0. The Morgan fingerprint density at radius 2 is 1.86 bits per heavy atom. The fourth-order valence-corrected chi connectivity index (χ4v) is 1.53. The molecule has 0 aromatic heterocycles. The molecule has 0 N–H and O–H groups in total. The zero-order chi connectivity index (χ0) is 15.9. The average Bonchev–Trinajstić information content (AvgIpc) is 2.37. The Balaban J connectivity index is 2.88. The van der Waals surface area contributed by atoms with Crippen molar-refractivity contribution >= 4 is 11.9 Å². The summed E-state index contributed by atoms with van der Waals surface area (Å²) in [4.78, 5) is 23.3. The first-order valence-electron chi connectivity index (χ1n) is 6.80. The average molecular weight is 288 g/mol. The number of benzene rings is 1. The SMILES string of the molecule is CCOC(=O)CC#Cc1ccccc1C(=O)OC(C)(C)C.